The van der Waals surface area contributed by atoms with Crippen molar-refractivity contribution in [3.63, 3.8) is 0 Å². The van der Waals surface area contributed by atoms with Crippen LogP contribution in [0.2, 0.25) is 0 Å². The molecule has 1 N–H and O–H groups in total. The van der Waals surface area contributed by atoms with Crippen LogP contribution in [-0.4, -0.2) is 48.3 Å². The Bertz CT molecular complexity index is 718. The van der Waals surface area contributed by atoms with Crippen molar-refractivity contribution in [2.45, 2.75) is 19.3 Å². The smallest absolute Gasteiger partial charge is 0.253 e. The number of amides is 1. The van der Waals surface area contributed by atoms with Crippen molar-refractivity contribution in [1.82, 2.24) is 15.1 Å². The molecule has 1 saturated heterocycles. The first-order valence-electron chi connectivity index (χ1n) is 8.63. The third-order valence-corrected chi connectivity index (χ3v) is 4.60. The summed E-state index contributed by atoms with van der Waals surface area (Å²) in [6.07, 6.45) is 2.97. The summed E-state index contributed by atoms with van der Waals surface area (Å²) in [6, 6.07) is 11.3. The van der Waals surface area contributed by atoms with E-state index in [1.165, 1.54) is 0 Å². The van der Waals surface area contributed by atoms with Crippen LogP contribution >= 0.6 is 0 Å². The van der Waals surface area contributed by atoms with Gasteiger partial charge in [0.25, 0.3) is 5.91 Å². The summed E-state index contributed by atoms with van der Waals surface area (Å²) < 4.78 is 5.22. The zero-order valence-electron chi connectivity index (χ0n) is 14.7. The molecule has 2 aromatic rings. The number of rotatable bonds is 5. The second kappa shape index (κ2) is 7.96. The normalized spacial score (nSPS) is 17.2. The van der Waals surface area contributed by atoms with Gasteiger partial charge < -0.3 is 15.0 Å². The minimum Gasteiger partial charge on any atom is -0.497 e. The van der Waals surface area contributed by atoms with E-state index in [1.807, 2.05) is 42.3 Å². The number of aromatic nitrogens is 2. The Labute approximate surface area is 148 Å². The number of hydrogen-bond donors (Lipinski definition) is 1. The highest BCUT2D eigenvalue weighted by atomic mass is 16.5. The van der Waals surface area contributed by atoms with Crippen LogP contribution in [0.1, 0.15) is 28.9 Å². The van der Waals surface area contributed by atoms with Crippen LogP contribution in [0.25, 0.3) is 0 Å². The first kappa shape index (κ1) is 17.2. The van der Waals surface area contributed by atoms with Crippen molar-refractivity contribution in [1.29, 1.82) is 0 Å². The number of nitrogens with zero attached hydrogens (tertiary/aromatic N) is 3. The van der Waals surface area contributed by atoms with E-state index in [1.54, 1.807) is 13.2 Å². The lowest BCUT2D eigenvalue weighted by molar-refractivity contribution is 0.0672. The van der Waals surface area contributed by atoms with Crippen molar-refractivity contribution < 1.29 is 9.53 Å². The van der Waals surface area contributed by atoms with Gasteiger partial charge in [-0.1, -0.05) is 6.07 Å². The summed E-state index contributed by atoms with van der Waals surface area (Å²) in [7, 11) is 3.44. The Kier molecular flexibility index (Phi) is 5.48. The average Bonchev–Trinajstić information content (AvgIpc) is 2.68. The number of carbonyl (C=O) groups excluding carboxylic acids is 1. The second-order valence-electron chi connectivity index (χ2n) is 6.36. The van der Waals surface area contributed by atoms with Crippen LogP contribution in [0.3, 0.4) is 0 Å². The molecule has 2 heterocycles. The van der Waals surface area contributed by atoms with Gasteiger partial charge in [-0.15, -0.1) is 5.10 Å². The number of benzene rings is 1. The number of hydrogen-bond acceptors (Lipinski definition) is 5. The van der Waals surface area contributed by atoms with Crippen molar-refractivity contribution in [3.05, 3.63) is 47.7 Å². The van der Waals surface area contributed by atoms with E-state index >= 15 is 0 Å². The third-order valence-electron chi connectivity index (χ3n) is 4.60. The molecule has 1 aromatic carbocycles. The monoisotopic (exact) mass is 340 g/mol. The topological polar surface area (TPSA) is 67.4 Å². The van der Waals surface area contributed by atoms with Gasteiger partial charge in [0, 0.05) is 25.7 Å². The first-order valence-corrected chi connectivity index (χ1v) is 8.63. The minimum absolute atomic E-state index is 0.0696. The molecule has 0 bridgehead atoms. The molecular formula is C19H24N4O2. The molecule has 132 valence electrons. The number of methoxy groups -OCH3 is 1. The Morgan fingerprint density at radius 1 is 1.32 bits per heavy atom. The lowest BCUT2D eigenvalue weighted by atomic mass is 9.93. The van der Waals surface area contributed by atoms with Crippen LogP contribution in [0.5, 0.6) is 5.75 Å². The highest BCUT2D eigenvalue weighted by Gasteiger charge is 2.25. The first-order chi connectivity index (χ1) is 12.2. The lowest BCUT2D eigenvalue weighted by Gasteiger charge is -2.32. The maximum atomic E-state index is 12.8. The molecule has 0 aliphatic carbocycles. The van der Waals surface area contributed by atoms with Crippen LogP contribution in [0, 0.1) is 5.92 Å². The molecular weight excluding hydrogens is 316 g/mol. The summed E-state index contributed by atoms with van der Waals surface area (Å²) in [5.41, 5.74) is 1.65. The van der Waals surface area contributed by atoms with Crippen molar-refractivity contribution in [2.24, 2.45) is 5.92 Å². The fourth-order valence-electron chi connectivity index (χ4n) is 3.25. The van der Waals surface area contributed by atoms with Gasteiger partial charge in [0.05, 0.1) is 12.8 Å². The molecule has 1 atom stereocenters. The molecule has 25 heavy (non-hydrogen) atoms. The Morgan fingerprint density at radius 2 is 2.20 bits per heavy atom. The SMILES string of the molecule is CNc1ccc(CC2CCCN(C(=O)c3cccc(OC)c3)C2)nn1. The molecule has 1 fully saturated rings. The molecule has 1 aromatic heterocycles. The van der Waals surface area contributed by atoms with Crippen molar-refractivity contribution >= 4 is 11.7 Å². The van der Waals surface area contributed by atoms with Gasteiger partial charge in [-0.3, -0.25) is 4.79 Å². The van der Waals surface area contributed by atoms with Gasteiger partial charge in [-0.25, -0.2) is 0 Å². The van der Waals surface area contributed by atoms with E-state index in [9.17, 15) is 4.79 Å². The summed E-state index contributed by atoms with van der Waals surface area (Å²) in [5, 5.41) is 11.4. The number of piperidine rings is 1. The largest absolute Gasteiger partial charge is 0.497 e. The summed E-state index contributed by atoms with van der Waals surface area (Å²) >= 11 is 0. The maximum Gasteiger partial charge on any atom is 0.253 e. The Hall–Kier alpha value is -2.63. The highest BCUT2D eigenvalue weighted by Crippen LogP contribution is 2.23. The van der Waals surface area contributed by atoms with E-state index in [0.29, 0.717) is 17.2 Å². The van der Waals surface area contributed by atoms with E-state index in [2.05, 4.69) is 15.5 Å². The molecule has 1 aliphatic heterocycles. The quantitative estimate of drug-likeness (QED) is 0.906. The predicted octanol–water partition coefficient (Wildman–Crippen LogP) is 2.62. The van der Waals surface area contributed by atoms with E-state index in [4.69, 9.17) is 4.74 Å². The van der Waals surface area contributed by atoms with Crippen LogP contribution in [-0.2, 0) is 6.42 Å². The van der Waals surface area contributed by atoms with Gasteiger partial charge in [-0.05, 0) is 55.5 Å². The molecule has 1 amide bonds. The number of carbonyl (C=O) groups is 1. The summed E-state index contributed by atoms with van der Waals surface area (Å²) in [6.45, 7) is 1.56. The van der Waals surface area contributed by atoms with Crippen LogP contribution < -0.4 is 10.1 Å². The maximum absolute atomic E-state index is 12.8. The molecule has 1 unspecified atom stereocenters. The summed E-state index contributed by atoms with van der Waals surface area (Å²) in [4.78, 5) is 14.7. The number of nitrogens with one attached hydrogen (secondary N) is 1. The molecule has 3 rings (SSSR count). The standard InChI is InChI=1S/C19H24N4O2/c1-20-18-9-8-16(21-22-18)11-14-5-4-10-23(13-14)19(24)15-6-3-7-17(12-15)25-2/h3,6-9,12,14H,4-5,10-11,13H2,1-2H3,(H,20,22). The average molecular weight is 340 g/mol. The number of likely N-dealkylation sites (tertiary alicyclic amines) is 1. The van der Waals surface area contributed by atoms with E-state index < -0.39 is 0 Å². The van der Waals surface area contributed by atoms with Gasteiger partial charge in [0.1, 0.15) is 11.6 Å². The van der Waals surface area contributed by atoms with Crippen LogP contribution in [0.4, 0.5) is 5.82 Å². The fraction of sp³-hybridized carbons (Fsp3) is 0.421. The molecule has 0 radical (unpaired) electrons. The highest BCUT2D eigenvalue weighted by molar-refractivity contribution is 5.94. The molecule has 1 aliphatic rings. The molecule has 6 nitrogen and oxygen atoms in total. The molecule has 0 saturated carbocycles. The van der Waals surface area contributed by atoms with Gasteiger partial charge in [-0.2, -0.15) is 5.10 Å². The molecule has 6 heteroatoms. The number of anilines is 1. The van der Waals surface area contributed by atoms with Crippen LogP contribution in [0.15, 0.2) is 36.4 Å². The zero-order chi connectivity index (χ0) is 17.6. The van der Waals surface area contributed by atoms with Gasteiger partial charge in [0.2, 0.25) is 0 Å². The minimum atomic E-state index is 0.0696. The predicted molar refractivity (Wildman–Crippen MR) is 96.9 cm³/mol. The van der Waals surface area contributed by atoms with E-state index in [-0.39, 0.29) is 5.91 Å². The zero-order valence-corrected chi connectivity index (χ0v) is 14.7. The van der Waals surface area contributed by atoms with E-state index in [0.717, 1.165) is 43.9 Å². The Morgan fingerprint density at radius 3 is 2.92 bits per heavy atom. The van der Waals surface area contributed by atoms with Gasteiger partial charge >= 0.3 is 0 Å². The molecule has 0 spiro atoms. The third kappa shape index (κ3) is 4.26. The van der Waals surface area contributed by atoms with Crippen molar-refractivity contribution in [2.75, 3.05) is 32.6 Å². The summed E-state index contributed by atoms with van der Waals surface area (Å²) in [5.74, 6) is 1.96. The fourth-order valence-corrected chi connectivity index (χ4v) is 3.25. The van der Waals surface area contributed by atoms with Gasteiger partial charge in [0.15, 0.2) is 0 Å². The second-order valence-corrected chi connectivity index (χ2v) is 6.36. The Balaban J connectivity index is 1.64. The van der Waals surface area contributed by atoms with Crippen molar-refractivity contribution in [3.8, 4) is 5.75 Å². The lowest BCUT2D eigenvalue weighted by Crippen LogP contribution is -2.40. The number of ether oxygens (including phenoxy) is 1.